The fourth-order valence-electron chi connectivity index (χ4n) is 2.86. The summed E-state index contributed by atoms with van der Waals surface area (Å²) in [5.41, 5.74) is 0.756. The molecule has 0 aliphatic heterocycles. The van der Waals surface area contributed by atoms with Crippen LogP contribution in [0.3, 0.4) is 0 Å². The number of halogens is 4. The molecule has 0 fully saturated rings. The van der Waals surface area contributed by atoms with Gasteiger partial charge >= 0.3 is 6.18 Å². The number of alkyl halides is 3. The minimum absolute atomic E-state index is 0.0292. The minimum Gasteiger partial charge on any atom is -0.493 e. The van der Waals surface area contributed by atoms with Crippen LogP contribution in [-0.2, 0) is 12.8 Å². The molecule has 0 aliphatic carbocycles. The van der Waals surface area contributed by atoms with Crippen LogP contribution < -0.4 is 14.8 Å². The third-order valence-corrected chi connectivity index (χ3v) is 4.76. The number of para-hydroxylation sites is 1. The molecule has 31 heavy (non-hydrogen) atoms. The molecule has 3 rings (SSSR count). The Hall–Kier alpha value is -3.19. The van der Waals surface area contributed by atoms with Gasteiger partial charge in [-0.3, -0.25) is 4.79 Å². The zero-order valence-corrected chi connectivity index (χ0v) is 17.5. The molecular formula is C23H19ClF3NO3. The molecular weight excluding hydrogens is 431 g/mol. The molecule has 3 aromatic rings. The summed E-state index contributed by atoms with van der Waals surface area (Å²) in [6.45, 7) is 2.20. The van der Waals surface area contributed by atoms with Gasteiger partial charge in [-0.05, 0) is 36.8 Å². The summed E-state index contributed by atoms with van der Waals surface area (Å²) in [5, 5.41) is 2.38. The molecule has 162 valence electrons. The zero-order chi connectivity index (χ0) is 22.6. The maximum atomic E-state index is 13.2. The summed E-state index contributed by atoms with van der Waals surface area (Å²) in [7, 11) is 1.38. The van der Waals surface area contributed by atoms with Crippen LogP contribution in [0.1, 0.15) is 27.0 Å². The Morgan fingerprint density at radius 2 is 1.74 bits per heavy atom. The first-order chi connectivity index (χ1) is 14.7. The van der Waals surface area contributed by atoms with E-state index in [4.69, 9.17) is 21.1 Å². The third-order valence-electron chi connectivity index (χ3n) is 4.48. The number of hydrogen-bond donors (Lipinski definition) is 1. The lowest BCUT2D eigenvalue weighted by Crippen LogP contribution is -2.16. The van der Waals surface area contributed by atoms with E-state index in [9.17, 15) is 18.0 Å². The smallest absolute Gasteiger partial charge is 0.418 e. The highest BCUT2D eigenvalue weighted by Crippen LogP contribution is 2.38. The third kappa shape index (κ3) is 5.49. The van der Waals surface area contributed by atoms with E-state index in [1.165, 1.54) is 37.4 Å². The van der Waals surface area contributed by atoms with E-state index >= 15 is 0 Å². The highest BCUT2D eigenvalue weighted by Gasteiger charge is 2.33. The minimum atomic E-state index is -4.60. The average Bonchev–Trinajstić information content (AvgIpc) is 2.73. The maximum Gasteiger partial charge on any atom is 0.418 e. The molecule has 1 amide bonds. The molecule has 3 aromatic carbocycles. The molecule has 0 heterocycles. The van der Waals surface area contributed by atoms with Crippen molar-refractivity contribution in [2.24, 2.45) is 0 Å². The molecule has 0 atom stereocenters. The molecule has 0 unspecified atom stereocenters. The first kappa shape index (κ1) is 22.5. The van der Waals surface area contributed by atoms with Gasteiger partial charge in [0, 0.05) is 5.56 Å². The first-order valence-corrected chi connectivity index (χ1v) is 9.60. The summed E-state index contributed by atoms with van der Waals surface area (Å²) in [6, 6.07) is 15.1. The Balaban J connectivity index is 1.82. The van der Waals surface area contributed by atoms with Crippen LogP contribution in [0.5, 0.6) is 11.5 Å². The lowest BCUT2D eigenvalue weighted by molar-refractivity contribution is -0.136. The highest BCUT2D eigenvalue weighted by atomic mass is 35.5. The van der Waals surface area contributed by atoms with Crippen LogP contribution in [-0.4, -0.2) is 13.0 Å². The van der Waals surface area contributed by atoms with E-state index in [0.29, 0.717) is 0 Å². The van der Waals surface area contributed by atoms with Crippen molar-refractivity contribution in [1.29, 1.82) is 0 Å². The number of amides is 1. The van der Waals surface area contributed by atoms with E-state index in [1.54, 1.807) is 0 Å². The second kappa shape index (κ2) is 9.31. The van der Waals surface area contributed by atoms with Crippen LogP contribution >= 0.6 is 11.6 Å². The number of methoxy groups -OCH3 is 1. The quantitative estimate of drug-likeness (QED) is 0.467. The number of nitrogens with one attached hydrogen (secondary N) is 1. The number of ether oxygens (including phenoxy) is 2. The largest absolute Gasteiger partial charge is 0.493 e. The van der Waals surface area contributed by atoms with Gasteiger partial charge in [-0.25, -0.2) is 0 Å². The molecule has 4 nitrogen and oxygen atoms in total. The van der Waals surface area contributed by atoms with Crippen molar-refractivity contribution in [3.63, 3.8) is 0 Å². The van der Waals surface area contributed by atoms with Gasteiger partial charge < -0.3 is 14.8 Å². The number of aryl methyl sites for hydroxylation is 1. The van der Waals surface area contributed by atoms with E-state index < -0.39 is 17.6 Å². The normalized spacial score (nSPS) is 11.2. The molecule has 0 saturated carbocycles. The summed E-state index contributed by atoms with van der Waals surface area (Å²) in [6.07, 6.45) is -4.60. The van der Waals surface area contributed by atoms with Crippen LogP contribution in [0, 0.1) is 6.92 Å². The maximum absolute atomic E-state index is 13.2. The van der Waals surface area contributed by atoms with Crippen molar-refractivity contribution in [1.82, 2.24) is 0 Å². The van der Waals surface area contributed by atoms with Crippen LogP contribution in [0.15, 0.2) is 60.7 Å². The number of rotatable bonds is 6. The molecule has 0 spiro atoms. The highest BCUT2D eigenvalue weighted by molar-refractivity contribution is 6.32. The SMILES string of the molecule is COc1cc(C(=O)Nc2ccccc2C(F)(F)F)cc(Cl)c1OCc1ccc(C)cc1. The fraction of sp³-hybridized carbons (Fsp3) is 0.174. The van der Waals surface area contributed by atoms with Gasteiger partial charge in [-0.15, -0.1) is 0 Å². The molecule has 1 N–H and O–H groups in total. The van der Waals surface area contributed by atoms with E-state index in [1.807, 2.05) is 31.2 Å². The van der Waals surface area contributed by atoms with Crippen LogP contribution in [0.2, 0.25) is 5.02 Å². The molecule has 8 heteroatoms. The van der Waals surface area contributed by atoms with Gasteiger partial charge in [-0.1, -0.05) is 53.6 Å². The zero-order valence-electron chi connectivity index (χ0n) is 16.7. The Bertz CT molecular complexity index is 1080. The average molecular weight is 450 g/mol. The van der Waals surface area contributed by atoms with Gasteiger partial charge in [0.05, 0.1) is 23.4 Å². The lowest BCUT2D eigenvalue weighted by Gasteiger charge is -2.16. The van der Waals surface area contributed by atoms with Crippen molar-refractivity contribution in [3.8, 4) is 11.5 Å². The number of hydrogen-bond acceptors (Lipinski definition) is 3. The van der Waals surface area contributed by atoms with Gasteiger partial charge in [0.1, 0.15) is 6.61 Å². The van der Waals surface area contributed by atoms with Gasteiger partial charge in [0.2, 0.25) is 0 Å². The van der Waals surface area contributed by atoms with E-state index in [0.717, 1.165) is 17.2 Å². The number of benzene rings is 3. The lowest BCUT2D eigenvalue weighted by atomic mass is 10.1. The second-order valence-electron chi connectivity index (χ2n) is 6.76. The molecule has 0 aliphatic rings. The Kier molecular flexibility index (Phi) is 6.75. The van der Waals surface area contributed by atoms with E-state index in [2.05, 4.69) is 5.32 Å². The van der Waals surface area contributed by atoms with Crippen molar-refractivity contribution < 1.29 is 27.4 Å². The summed E-state index contributed by atoms with van der Waals surface area (Å²) < 4.78 is 50.6. The molecule has 0 bridgehead atoms. The summed E-state index contributed by atoms with van der Waals surface area (Å²) >= 11 is 6.29. The first-order valence-electron chi connectivity index (χ1n) is 9.22. The van der Waals surface area contributed by atoms with Gasteiger partial charge in [0.25, 0.3) is 5.91 Å². The summed E-state index contributed by atoms with van der Waals surface area (Å²) in [4.78, 5) is 12.6. The fourth-order valence-corrected chi connectivity index (χ4v) is 3.13. The van der Waals surface area contributed by atoms with Crippen molar-refractivity contribution in [2.75, 3.05) is 12.4 Å². The molecule has 0 saturated heterocycles. The van der Waals surface area contributed by atoms with Crippen molar-refractivity contribution in [3.05, 3.63) is 87.9 Å². The second-order valence-corrected chi connectivity index (χ2v) is 7.17. The van der Waals surface area contributed by atoms with Crippen LogP contribution in [0.4, 0.5) is 18.9 Å². The number of carbonyl (C=O) groups excluding carboxylic acids is 1. The van der Waals surface area contributed by atoms with E-state index in [-0.39, 0.29) is 34.4 Å². The molecule has 0 aromatic heterocycles. The Morgan fingerprint density at radius 3 is 2.39 bits per heavy atom. The topological polar surface area (TPSA) is 47.6 Å². The molecule has 0 radical (unpaired) electrons. The standard InChI is InChI=1S/C23H19ClF3NO3/c1-14-7-9-15(10-8-14)13-31-21-18(24)11-16(12-20(21)30-2)22(29)28-19-6-4-3-5-17(19)23(25,26)27/h3-12H,13H2,1-2H3,(H,28,29). The van der Waals surface area contributed by atoms with Gasteiger partial charge in [-0.2, -0.15) is 13.2 Å². The Labute approximate surface area is 182 Å². The monoisotopic (exact) mass is 449 g/mol. The predicted octanol–water partition coefficient (Wildman–Crippen LogP) is 6.51. The summed E-state index contributed by atoms with van der Waals surface area (Å²) in [5.74, 6) is -0.340. The van der Waals surface area contributed by atoms with Crippen LogP contribution in [0.25, 0.3) is 0 Å². The predicted molar refractivity (Wildman–Crippen MR) is 113 cm³/mol. The number of carbonyl (C=O) groups is 1. The number of anilines is 1. The Morgan fingerprint density at radius 1 is 1.06 bits per heavy atom. The van der Waals surface area contributed by atoms with Crippen molar-refractivity contribution >= 4 is 23.2 Å². The van der Waals surface area contributed by atoms with Gasteiger partial charge in [0.15, 0.2) is 11.5 Å². The van der Waals surface area contributed by atoms with Crippen molar-refractivity contribution in [2.45, 2.75) is 19.7 Å².